The van der Waals surface area contributed by atoms with Crippen LogP contribution >= 0.6 is 0 Å². The van der Waals surface area contributed by atoms with Crippen molar-refractivity contribution < 1.29 is 9.59 Å². The number of anilines is 1. The molecular formula is C27H26N6O2. The molecule has 1 fully saturated rings. The minimum Gasteiger partial charge on any atom is -0.338 e. The lowest BCUT2D eigenvalue weighted by Gasteiger charge is -2.31. The molecule has 0 aliphatic carbocycles. The van der Waals surface area contributed by atoms with Crippen molar-refractivity contribution in [3.63, 3.8) is 0 Å². The first-order valence-corrected chi connectivity index (χ1v) is 11.6. The van der Waals surface area contributed by atoms with Crippen molar-refractivity contribution in [3.8, 4) is 11.3 Å². The van der Waals surface area contributed by atoms with E-state index in [2.05, 4.69) is 26.3 Å². The predicted molar refractivity (Wildman–Crippen MR) is 134 cm³/mol. The average Bonchev–Trinajstić information content (AvgIpc) is 3.30. The van der Waals surface area contributed by atoms with E-state index in [1.54, 1.807) is 30.5 Å². The molecule has 8 nitrogen and oxygen atoms in total. The summed E-state index contributed by atoms with van der Waals surface area (Å²) in [5, 5.41) is 2.80. The number of likely N-dealkylation sites (tertiary alicyclic amines) is 1. The van der Waals surface area contributed by atoms with Crippen LogP contribution in [0.5, 0.6) is 0 Å². The SMILES string of the molecule is C=CC(=O)N1CCC[C@@H](c2nc(-c3ccc(C(=O)Nc4ccccn4)cc3)c3cncc(C)n23)C1. The Labute approximate surface area is 203 Å². The molecule has 176 valence electrons. The molecule has 3 aromatic heterocycles. The molecule has 35 heavy (non-hydrogen) atoms. The van der Waals surface area contributed by atoms with E-state index in [1.165, 1.54) is 6.08 Å². The second kappa shape index (κ2) is 9.50. The van der Waals surface area contributed by atoms with Crippen molar-refractivity contribution in [2.75, 3.05) is 18.4 Å². The van der Waals surface area contributed by atoms with E-state index in [4.69, 9.17) is 4.98 Å². The third kappa shape index (κ3) is 4.42. The summed E-state index contributed by atoms with van der Waals surface area (Å²) in [5.74, 6) is 1.27. The number of aromatic nitrogens is 4. The predicted octanol–water partition coefficient (Wildman–Crippen LogP) is 4.24. The number of rotatable bonds is 5. The first-order chi connectivity index (χ1) is 17.0. The Morgan fingerprint density at radius 3 is 2.71 bits per heavy atom. The van der Waals surface area contributed by atoms with Gasteiger partial charge in [-0.15, -0.1) is 0 Å². The highest BCUT2D eigenvalue weighted by atomic mass is 16.2. The summed E-state index contributed by atoms with van der Waals surface area (Å²) < 4.78 is 2.14. The molecule has 0 unspecified atom stereocenters. The van der Waals surface area contributed by atoms with Crippen LogP contribution in [0.2, 0.25) is 0 Å². The van der Waals surface area contributed by atoms with Crippen molar-refractivity contribution in [1.29, 1.82) is 0 Å². The summed E-state index contributed by atoms with van der Waals surface area (Å²) in [7, 11) is 0. The molecule has 4 heterocycles. The van der Waals surface area contributed by atoms with Crippen molar-refractivity contribution in [2.24, 2.45) is 0 Å². The van der Waals surface area contributed by atoms with Crippen LogP contribution in [0.3, 0.4) is 0 Å². The monoisotopic (exact) mass is 466 g/mol. The molecule has 2 amide bonds. The molecule has 5 rings (SSSR count). The first kappa shape index (κ1) is 22.5. The van der Waals surface area contributed by atoms with E-state index in [9.17, 15) is 9.59 Å². The molecule has 1 aliphatic rings. The number of imidazole rings is 1. The highest BCUT2D eigenvalue weighted by Crippen LogP contribution is 2.33. The maximum Gasteiger partial charge on any atom is 0.256 e. The molecule has 1 N–H and O–H groups in total. The van der Waals surface area contributed by atoms with Gasteiger partial charge < -0.3 is 10.2 Å². The Balaban J connectivity index is 1.47. The Hall–Kier alpha value is -4.33. The number of nitrogens with one attached hydrogen (secondary N) is 1. The highest BCUT2D eigenvalue weighted by molar-refractivity contribution is 6.04. The highest BCUT2D eigenvalue weighted by Gasteiger charge is 2.28. The molecule has 1 saturated heterocycles. The zero-order valence-electron chi connectivity index (χ0n) is 19.5. The molecule has 0 bridgehead atoms. The van der Waals surface area contributed by atoms with Gasteiger partial charge in [0.05, 0.1) is 17.4 Å². The van der Waals surface area contributed by atoms with Gasteiger partial charge in [0.15, 0.2) is 0 Å². The van der Waals surface area contributed by atoms with Gasteiger partial charge in [-0.2, -0.15) is 0 Å². The third-order valence-electron chi connectivity index (χ3n) is 6.35. The van der Waals surface area contributed by atoms with Crippen LogP contribution in [0.4, 0.5) is 5.82 Å². The van der Waals surface area contributed by atoms with Gasteiger partial charge in [0.1, 0.15) is 11.6 Å². The lowest BCUT2D eigenvalue weighted by atomic mass is 9.97. The number of hydrogen-bond acceptors (Lipinski definition) is 5. The second-order valence-corrected chi connectivity index (χ2v) is 8.66. The van der Waals surface area contributed by atoms with Crippen LogP contribution in [0.15, 0.2) is 73.7 Å². The van der Waals surface area contributed by atoms with E-state index in [0.717, 1.165) is 47.7 Å². The van der Waals surface area contributed by atoms with Gasteiger partial charge in [-0.25, -0.2) is 9.97 Å². The zero-order chi connectivity index (χ0) is 24.4. The van der Waals surface area contributed by atoms with Crippen molar-refractivity contribution in [2.45, 2.75) is 25.7 Å². The molecule has 0 saturated carbocycles. The topological polar surface area (TPSA) is 92.5 Å². The Bertz CT molecular complexity index is 1390. The fraction of sp³-hybridized carbons (Fsp3) is 0.222. The molecular weight excluding hydrogens is 440 g/mol. The van der Waals surface area contributed by atoms with Crippen LogP contribution < -0.4 is 5.32 Å². The van der Waals surface area contributed by atoms with Crippen LogP contribution in [-0.2, 0) is 4.79 Å². The number of fused-ring (bicyclic) bond motifs is 1. The van der Waals surface area contributed by atoms with Gasteiger partial charge in [-0.1, -0.05) is 24.8 Å². The number of aryl methyl sites for hydroxylation is 1. The minimum absolute atomic E-state index is 0.0475. The number of carbonyl (C=O) groups is 2. The summed E-state index contributed by atoms with van der Waals surface area (Å²) in [6, 6.07) is 12.7. The largest absolute Gasteiger partial charge is 0.338 e. The van der Waals surface area contributed by atoms with Crippen LogP contribution in [-0.4, -0.2) is 49.2 Å². The van der Waals surface area contributed by atoms with E-state index in [-0.39, 0.29) is 17.7 Å². The number of piperidine rings is 1. The van der Waals surface area contributed by atoms with E-state index < -0.39 is 0 Å². The second-order valence-electron chi connectivity index (χ2n) is 8.66. The maximum absolute atomic E-state index is 12.6. The van der Waals surface area contributed by atoms with Gasteiger partial charge in [0, 0.05) is 48.2 Å². The Kier molecular flexibility index (Phi) is 6.10. The Morgan fingerprint density at radius 2 is 1.97 bits per heavy atom. The average molecular weight is 467 g/mol. The number of carbonyl (C=O) groups excluding carboxylic acids is 2. The van der Waals surface area contributed by atoms with Gasteiger partial charge in [0.25, 0.3) is 5.91 Å². The number of hydrogen-bond donors (Lipinski definition) is 1. The van der Waals surface area contributed by atoms with E-state index in [1.807, 2.05) is 42.4 Å². The van der Waals surface area contributed by atoms with E-state index in [0.29, 0.717) is 17.9 Å². The minimum atomic E-state index is -0.225. The lowest BCUT2D eigenvalue weighted by molar-refractivity contribution is -0.127. The molecule has 0 spiro atoms. The molecule has 1 atom stereocenters. The summed E-state index contributed by atoms with van der Waals surface area (Å²) in [5.41, 5.74) is 4.11. The molecule has 1 aliphatic heterocycles. The fourth-order valence-electron chi connectivity index (χ4n) is 4.62. The van der Waals surface area contributed by atoms with Gasteiger partial charge in [0.2, 0.25) is 5.91 Å². The van der Waals surface area contributed by atoms with Crippen LogP contribution in [0.1, 0.15) is 40.6 Å². The number of nitrogens with zero attached hydrogens (tertiary/aromatic N) is 5. The van der Waals surface area contributed by atoms with Crippen molar-refractivity contribution in [1.82, 2.24) is 24.3 Å². The van der Waals surface area contributed by atoms with Crippen LogP contribution in [0.25, 0.3) is 16.8 Å². The third-order valence-corrected chi connectivity index (χ3v) is 6.35. The van der Waals surface area contributed by atoms with Crippen LogP contribution in [0, 0.1) is 6.92 Å². The molecule has 0 radical (unpaired) electrons. The van der Waals surface area contributed by atoms with Gasteiger partial charge in [-0.3, -0.25) is 19.0 Å². The molecule has 8 heteroatoms. The quantitative estimate of drug-likeness (QED) is 0.444. The first-order valence-electron chi connectivity index (χ1n) is 11.6. The van der Waals surface area contributed by atoms with Crippen molar-refractivity contribution >= 4 is 23.1 Å². The zero-order valence-corrected chi connectivity index (χ0v) is 19.5. The fourth-order valence-corrected chi connectivity index (χ4v) is 4.62. The lowest BCUT2D eigenvalue weighted by Crippen LogP contribution is -2.38. The molecule has 1 aromatic carbocycles. The van der Waals surface area contributed by atoms with Gasteiger partial charge >= 0.3 is 0 Å². The summed E-state index contributed by atoms with van der Waals surface area (Å²) in [4.78, 5) is 40.3. The number of amides is 2. The Morgan fingerprint density at radius 1 is 1.14 bits per heavy atom. The standard InChI is InChI=1S/C27H26N6O2/c1-3-24(34)32-14-6-7-21(17-32)26-31-25(22-16-28-15-18(2)33(22)26)19-9-11-20(12-10-19)27(35)30-23-8-4-5-13-29-23/h3-5,8-13,15-16,21H,1,6-7,14,17H2,2H3,(H,29,30,35)/t21-/m1/s1. The molecule has 4 aromatic rings. The smallest absolute Gasteiger partial charge is 0.256 e. The maximum atomic E-state index is 12.6. The van der Waals surface area contributed by atoms with E-state index >= 15 is 0 Å². The number of benzene rings is 1. The normalized spacial score (nSPS) is 15.7. The van der Waals surface area contributed by atoms with Gasteiger partial charge in [-0.05, 0) is 50.1 Å². The van der Waals surface area contributed by atoms with Crippen molar-refractivity contribution in [3.05, 3.63) is 90.8 Å². The summed E-state index contributed by atoms with van der Waals surface area (Å²) in [6.07, 6.45) is 8.51. The number of pyridine rings is 1. The summed E-state index contributed by atoms with van der Waals surface area (Å²) in [6.45, 7) is 6.99. The summed E-state index contributed by atoms with van der Waals surface area (Å²) >= 11 is 0.